The molecule has 0 aromatic heterocycles. The average Bonchev–Trinajstić information content (AvgIpc) is 2.52. The first-order chi connectivity index (χ1) is 7.80. The molecule has 2 N–H and O–H groups in total. The van der Waals surface area contributed by atoms with Crippen molar-refractivity contribution in [1.29, 1.82) is 0 Å². The van der Waals surface area contributed by atoms with Gasteiger partial charge in [0.2, 0.25) is 5.91 Å². The van der Waals surface area contributed by atoms with Crippen molar-refractivity contribution < 1.29 is 9.90 Å². The van der Waals surface area contributed by atoms with E-state index < -0.39 is 6.10 Å². The third-order valence-electron chi connectivity index (χ3n) is 3.33. The molecular formula is C14H19NO2. The van der Waals surface area contributed by atoms with Crippen LogP contribution in [-0.2, 0) is 4.79 Å². The molecule has 0 saturated carbocycles. The topological polar surface area (TPSA) is 49.3 Å². The summed E-state index contributed by atoms with van der Waals surface area (Å²) < 4.78 is 0. The van der Waals surface area contributed by atoms with E-state index in [4.69, 9.17) is 0 Å². The lowest BCUT2D eigenvalue weighted by atomic mass is 9.84. The molecule has 1 aromatic rings. The second-order valence-electron chi connectivity index (χ2n) is 5.83. The first kappa shape index (κ1) is 12.1. The Labute approximate surface area is 102 Å². The molecule has 1 aliphatic heterocycles. The number of carbonyl (C=O) groups is 1. The van der Waals surface area contributed by atoms with Crippen LogP contribution >= 0.6 is 0 Å². The highest BCUT2D eigenvalue weighted by Gasteiger charge is 2.29. The summed E-state index contributed by atoms with van der Waals surface area (Å²) in [7, 11) is 0. The molecule has 2 atom stereocenters. The first-order valence-corrected chi connectivity index (χ1v) is 5.93. The number of aliphatic hydroxyl groups is 1. The van der Waals surface area contributed by atoms with E-state index in [9.17, 15) is 9.90 Å². The van der Waals surface area contributed by atoms with Gasteiger partial charge in [0.1, 0.15) is 0 Å². The zero-order valence-electron chi connectivity index (χ0n) is 10.7. The molecule has 0 saturated heterocycles. The van der Waals surface area contributed by atoms with Gasteiger partial charge in [0.15, 0.2) is 0 Å². The molecule has 1 aromatic carbocycles. The predicted octanol–water partition coefficient (Wildman–Crippen LogP) is 2.82. The van der Waals surface area contributed by atoms with E-state index in [1.807, 2.05) is 45.9 Å². The number of amides is 1. The number of aliphatic hydroxyl groups excluding tert-OH is 1. The molecule has 0 aliphatic carbocycles. The zero-order valence-corrected chi connectivity index (χ0v) is 10.7. The summed E-state index contributed by atoms with van der Waals surface area (Å²) in [5.41, 5.74) is 2.52. The number of fused-ring (bicyclic) bond motifs is 1. The van der Waals surface area contributed by atoms with Crippen molar-refractivity contribution in [1.82, 2.24) is 0 Å². The Kier molecular flexibility index (Phi) is 2.74. The highest BCUT2D eigenvalue weighted by atomic mass is 16.3. The smallest absolute Gasteiger partial charge is 0.231 e. The van der Waals surface area contributed by atoms with Crippen molar-refractivity contribution in [2.75, 3.05) is 5.32 Å². The summed E-state index contributed by atoms with van der Waals surface area (Å²) in [4.78, 5) is 11.5. The van der Waals surface area contributed by atoms with Crippen molar-refractivity contribution in [2.24, 2.45) is 5.41 Å². The van der Waals surface area contributed by atoms with E-state index >= 15 is 0 Å². The maximum Gasteiger partial charge on any atom is 0.231 e. The van der Waals surface area contributed by atoms with E-state index in [-0.39, 0.29) is 17.2 Å². The fraction of sp³-hybridized carbons (Fsp3) is 0.500. The van der Waals surface area contributed by atoms with Crippen LogP contribution in [0.4, 0.5) is 5.69 Å². The maximum absolute atomic E-state index is 11.5. The summed E-state index contributed by atoms with van der Waals surface area (Å²) in [5, 5.41) is 13.1. The number of hydrogen-bond donors (Lipinski definition) is 2. The van der Waals surface area contributed by atoms with Gasteiger partial charge in [-0.25, -0.2) is 0 Å². The van der Waals surface area contributed by atoms with E-state index in [0.29, 0.717) is 0 Å². The first-order valence-electron chi connectivity index (χ1n) is 5.93. The fourth-order valence-corrected chi connectivity index (χ4v) is 2.11. The molecule has 0 bridgehead atoms. The maximum atomic E-state index is 11.5. The minimum atomic E-state index is -0.518. The second kappa shape index (κ2) is 3.84. The second-order valence-corrected chi connectivity index (χ2v) is 5.83. The highest BCUT2D eigenvalue weighted by Crippen LogP contribution is 2.38. The fourth-order valence-electron chi connectivity index (χ4n) is 2.11. The lowest BCUT2D eigenvalue weighted by Gasteiger charge is -2.26. The molecule has 1 aliphatic rings. The Bertz CT molecular complexity index is 460. The summed E-state index contributed by atoms with van der Waals surface area (Å²) >= 11 is 0. The van der Waals surface area contributed by atoms with Gasteiger partial charge in [-0.2, -0.15) is 0 Å². The number of rotatable bonds is 1. The monoisotopic (exact) mass is 233 g/mol. The zero-order chi connectivity index (χ0) is 12.8. The lowest BCUT2D eigenvalue weighted by Crippen LogP contribution is -2.17. The molecular weight excluding hydrogens is 214 g/mol. The van der Waals surface area contributed by atoms with Crippen molar-refractivity contribution in [2.45, 2.75) is 39.7 Å². The van der Waals surface area contributed by atoms with Crippen LogP contribution in [0.2, 0.25) is 0 Å². The summed E-state index contributed by atoms with van der Waals surface area (Å²) in [6, 6.07) is 5.70. The molecule has 1 heterocycles. The normalized spacial score (nSPS) is 21.0. The minimum absolute atomic E-state index is 0.0300. The highest BCUT2D eigenvalue weighted by molar-refractivity contribution is 6.02. The van der Waals surface area contributed by atoms with Crippen LogP contribution in [0.1, 0.15) is 50.8 Å². The van der Waals surface area contributed by atoms with Gasteiger partial charge in [-0.3, -0.25) is 4.79 Å². The quantitative estimate of drug-likeness (QED) is 0.783. The summed E-state index contributed by atoms with van der Waals surface area (Å²) in [6.45, 7) is 7.88. The van der Waals surface area contributed by atoms with Crippen LogP contribution in [0, 0.1) is 5.41 Å². The predicted molar refractivity (Wildman–Crippen MR) is 67.9 cm³/mol. The van der Waals surface area contributed by atoms with E-state index in [0.717, 1.165) is 16.8 Å². The average molecular weight is 233 g/mol. The molecule has 3 heteroatoms. The van der Waals surface area contributed by atoms with Gasteiger partial charge in [0.25, 0.3) is 0 Å². The number of hydrogen-bond acceptors (Lipinski definition) is 2. The van der Waals surface area contributed by atoms with E-state index in [1.165, 1.54) is 0 Å². The summed E-state index contributed by atoms with van der Waals surface area (Å²) in [5.74, 6) is -0.0977. The van der Waals surface area contributed by atoms with Crippen LogP contribution in [0.15, 0.2) is 18.2 Å². The standard InChI is InChI=1S/C14H19NO2/c1-8-10-7-9(12(16)14(2,3)4)5-6-11(10)15-13(8)17/h5-8,12,16H,1-4H3,(H,15,17). The Morgan fingerprint density at radius 1 is 1.35 bits per heavy atom. The third-order valence-corrected chi connectivity index (χ3v) is 3.33. The van der Waals surface area contributed by atoms with Gasteiger partial charge in [-0.1, -0.05) is 32.9 Å². The van der Waals surface area contributed by atoms with Crippen LogP contribution in [0.25, 0.3) is 0 Å². The molecule has 2 unspecified atom stereocenters. The molecule has 0 fully saturated rings. The molecule has 1 amide bonds. The third kappa shape index (κ3) is 2.07. The SMILES string of the molecule is CC1C(=O)Nc2ccc(C(O)C(C)(C)C)cc21. The van der Waals surface area contributed by atoms with Crippen LogP contribution in [-0.4, -0.2) is 11.0 Å². The number of nitrogens with one attached hydrogen (secondary N) is 1. The van der Waals surface area contributed by atoms with Crippen molar-refractivity contribution >= 4 is 11.6 Å². The van der Waals surface area contributed by atoms with E-state index in [2.05, 4.69) is 5.32 Å². The van der Waals surface area contributed by atoms with Crippen molar-refractivity contribution in [3.05, 3.63) is 29.3 Å². The van der Waals surface area contributed by atoms with Gasteiger partial charge < -0.3 is 10.4 Å². The van der Waals surface area contributed by atoms with Gasteiger partial charge in [0.05, 0.1) is 12.0 Å². The molecule has 0 radical (unpaired) electrons. The molecule has 0 spiro atoms. The van der Waals surface area contributed by atoms with Gasteiger partial charge in [0, 0.05) is 5.69 Å². The number of anilines is 1. The van der Waals surface area contributed by atoms with Crippen LogP contribution in [0.5, 0.6) is 0 Å². The minimum Gasteiger partial charge on any atom is -0.388 e. The Morgan fingerprint density at radius 2 is 2.00 bits per heavy atom. The molecule has 3 nitrogen and oxygen atoms in total. The van der Waals surface area contributed by atoms with Gasteiger partial charge >= 0.3 is 0 Å². The molecule has 17 heavy (non-hydrogen) atoms. The largest absolute Gasteiger partial charge is 0.388 e. The number of carbonyl (C=O) groups excluding carboxylic acids is 1. The van der Waals surface area contributed by atoms with Gasteiger partial charge in [-0.15, -0.1) is 0 Å². The lowest BCUT2D eigenvalue weighted by molar-refractivity contribution is -0.116. The Balaban J connectivity index is 2.39. The molecule has 2 rings (SSSR count). The Hall–Kier alpha value is -1.35. The van der Waals surface area contributed by atoms with Crippen molar-refractivity contribution in [3.8, 4) is 0 Å². The summed E-state index contributed by atoms with van der Waals surface area (Å²) in [6.07, 6.45) is -0.518. The Morgan fingerprint density at radius 3 is 2.59 bits per heavy atom. The van der Waals surface area contributed by atoms with Crippen molar-refractivity contribution in [3.63, 3.8) is 0 Å². The van der Waals surface area contributed by atoms with E-state index in [1.54, 1.807) is 0 Å². The van der Waals surface area contributed by atoms with Crippen LogP contribution < -0.4 is 5.32 Å². The number of benzene rings is 1. The molecule has 92 valence electrons. The van der Waals surface area contributed by atoms with Crippen LogP contribution in [0.3, 0.4) is 0 Å². The van der Waals surface area contributed by atoms with Gasteiger partial charge in [-0.05, 0) is 29.5 Å².